The second kappa shape index (κ2) is 6.17. The van der Waals surface area contributed by atoms with Crippen molar-refractivity contribution in [1.29, 1.82) is 0 Å². The van der Waals surface area contributed by atoms with Crippen molar-refractivity contribution in [3.8, 4) is 11.4 Å². The normalized spacial score (nSPS) is 11.8. The van der Waals surface area contributed by atoms with Gasteiger partial charge in [-0.1, -0.05) is 0 Å². The zero-order chi connectivity index (χ0) is 14.8. The van der Waals surface area contributed by atoms with E-state index in [0.29, 0.717) is 18.0 Å². The fourth-order valence-corrected chi connectivity index (χ4v) is 2.89. The average molecular weight is 382 g/mol. The van der Waals surface area contributed by atoms with Gasteiger partial charge >= 0.3 is 0 Å². The first kappa shape index (κ1) is 15.4. The Bertz CT molecular complexity index is 719. The third-order valence-electron chi connectivity index (χ3n) is 2.42. The van der Waals surface area contributed by atoms with E-state index in [1.807, 2.05) is 0 Å². The highest BCUT2D eigenvalue weighted by Gasteiger charge is 2.23. The monoisotopic (exact) mass is 380 g/mol. The first-order valence-corrected chi connectivity index (χ1v) is 8.51. The van der Waals surface area contributed by atoms with E-state index in [9.17, 15) is 8.42 Å². The number of pyridine rings is 1. The third kappa shape index (κ3) is 3.35. The van der Waals surface area contributed by atoms with Gasteiger partial charge in [-0.15, -0.1) is 10.2 Å². The van der Waals surface area contributed by atoms with Gasteiger partial charge in [0.25, 0.3) is 14.2 Å². The molecule has 0 bridgehead atoms. The molecule has 2 rings (SSSR count). The Morgan fingerprint density at radius 3 is 2.75 bits per heavy atom. The van der Waals surface area contributed by atoms with Crippen molar-refractivity contribution in [2.24, 2.45) is 0 Å². The van der Waals surface area contributed by atoms with Crippen LogP contribution in [0, 0.1) is 0 Å². The maximum absolute atomic E-state index is 11.5. The van der Waals surface area contributed by atoms with E-state index < -0.39 is 9.05 Å². The fraction of sp³-hybridized carbons (Fsp3) is 0.300. The summed E-state index contributed by atoms with van der Waals surface area (Å²) in [7, 11) is 2.88. The van der Waals surface area contributed by atoms with Crippen molar-refractivity contribution in [3.63, 3.8) is 0 Å². The summed E-state index contributed by atoms with van der Waals surface area (Å²) in [6.45, 7) is 0.554. The Morgan fingerprint density at radius 2 is 2.15 bits per heavy atom. The summed E-state index contributed by atoms with van der Waals surface area (Å²) in [6, 6.07) is 1.75. The predicted octanol–water partition coefficient (Wildman–Crippen LogP) is 1.68. The van der Waals surface area contributed by atoms with Crippen molar-refractivity contribution in [3.05, 3.63) is 22.9 Å². The van der Waals surface area contributed by atoms with Gasteiger partial charge in [0, 0.05) is 40.2 Å². The van der Waals surface area contributed by atoms with E-state index in [1.54, 1.807) is 18.5 Å². The molecule has 0 aliphatic rings. The van der Waals surface area contributed by atoms with Crippen molar-refractivity contribution in [2.75, 3.05) is 13.7 Å². The molecule has 0 aliphatic heterocycles. The molecule has 0 atom stereocenters. The Morgan fingerprint density at radius 1 is 1.40 bits per heavy atom. The highest BCUT2D eigenvalue weighted by atomic mass is 79.9. The third-order valence-corrected chi connectivity index (χ3v) is 4.00. The van der Waals surface area contributed by atoms with Gasteiger partial charge in [-0.2, -0.15) is 0 Å². The zero-order valence-corrected chi connectivity index (χ0v) is 13.5. The molecule has 2 heterocycles. The number of methoxy groups -OCH3 is 1. The minimum absolute atomic E-state index is 0.257. The summed E-state index contributed by atoms with van der Waals surface area (Å²) in [5.74, 6) is 0.357. The van der Waals surface area contributed by atoms with Crippen molar-refractivity contribution in [1.82, 2.24) is 19.7 Å². The highest BCUT2D eigenvalue weighted by molar-refractivity contribution is 9.10. The molecule has 10 heteroatoms. The maximum atomic E-state index is 11.5. The molecular weight excluding hydrogens is 372 g/mol. The first-order chi connectivity index (χ1) is 9.43. The lowest BCUT2D eigenvalue weighted by atomic mass is 10.3. The molecule has 2 aromatic rings. The number of nitrogens with zero attached hydrogens (tertiary/aromatic N) is 4. The first-order valence-electron chi connectivity index (χ1n) is 5.41. The van der Waals surface area contributed by atoms with Gasteiger partial charge in [0.2, 0.25) is 0 Å². The van der Waals surface area contributed by atoms with Gasteiger partial charge in [0.1, 0.15) is 0 Å². The van der Waals surface area contributed by atoms with Crippen molar-refractivity contribution in [2.45, 2.75) is 11.7 Å². The van der Waals surface area contributed by atoms with Crippen LogP contribution in [-0.4, -0.2) is 41.9 Å². The molecule has 108 valence electrons. The summed E-state index contributed by atoms with van der Waals surface area (Å²) in [5, 5.41) is 7.21. The molecule has 0 unspecified atom stereocenters. The van der Waals surface area contributed by atoms with Gasteiger partial charge in [-0.3, -0.25) is 9.55 Å². The molecule has 2 aromatic heterocycles. The predicted molar refractivity (Wildman–Crippen MR) is 75.9 cm³/mol. The molecule has 0 radical (unpaired) electrons. The molecule has 0 saturated carbocycles. The quantitative estimate of drug-likeness (QED) is 0.732. The number of hydrogen-bond acceptors (Lipinski definition) is 6. The summed E-state index contributed by atoms with van der Waals surface area (Å²) in [6.07, 6.45) is 3.17. The Labute approximate surface area is 128 Å². The van der Waals surface area contributed by atoms with Crippen LogP contribution >= 0.6 is 26.6 Å². The Balaban J connectivity index is 2.56. The van der Waals surface area contributed by atoms with E-state index in [2.05, 4.69) is 31.1 Å². The van der Waals surface area contributed by atoms with Gasteiger partial charge in [0.05, 0.1) is 13.2 Å². The number of halogens is 2. The van der Waals surface area contributed by atoms with Gasteiger partial charge in [-0.05, 0) is 22.0 Å². The van der Waals surface area contributed by atoms with Crippen molar-refractivity contribution < 1.29 is 13.2 Å². The van der Waals surface area contributed by atoms with Crippen molar-refractivity contribution >= 4 is 35.7 Å². The molecule has 0 aromatic carbocycles. The second-order valence-electron chi connectivity index (χ2n) is 3.78. The molecule has 20 heavy (non-hydrogen) atoms. The molecule has 0 spiro atoms. The summed E-state index contributed by atoms with van der Waals surface area (Å²) in [4.78, 5) is 4.01. The Hall–Kier alpha value is -1.03. The smallest absolute Gasteiger partial charge is 0.296 e. The highest BCUT2D eigenvalue weighted by Crippen LogP contribution is 2.23. The van der Waals surface area contributed by atoms with E-state index in [0.717, 1.165) is 4.47 Å². The van der Waals surface area contributed by atoms with Gasteiger partial charge in [0.15, 0.2) is 5.82 Å². The Kier molecular flexibility index (Phi) is 4.74. The van der Waals surface area contributed by atoms with Crippen LogP contribution in [0.15, 0.2) is 28.1 Å². The minimum atomic E-state index is -3.99. The van der Waals surface area contributed by atoms with E-state index >= 15 is 0 Å². The average Bonchev–Trinajstić information content (AvgIpc) is 2.79. The molecule has 0 N–H and O–H groups in total. The largest absolute Gasteiger partial charge is 0.383 e. The SMILES string of the molecule is COCCn1c(-c2cncc(Br)c2)nnc1S(=O)(=O)Cl. The molecule has 0 fully saturated rings. The lowest BCUT2D eigenvalue weighted by molar-refractivity contribution is 0.185. The standard InChI is InChI=1S/C10H10BrClN4O3S/c1-19-3-2-16-9(7-4-8(11)6-13-5-7)14-15-10(16)20(12,17)18/h4-6H,2-3H2,1H3. The molecule has 0 saturated heterocycles. The van der Waals surface area contributed by atoms with E-state index in [1.165, 1.54) is 11.7 Å². The van der Waals surface area contributed by atoms with Crippen LogP contribution in [-0.2, 0) is 20.3 Å². The van der Waals surface area contributed by atoms with E-state index in [4.69, 9.17) is 15.4 Å². The van der Waals surface area contributed by atoms with E-state index in [-0.39, 0.29) is 11.7 Å². The fourth-order valence-electron chi connectivity index (χ4n) is 1.60. The number of rotatable bonds is 5. The number of aromatic nitrogens is 4. The van der Waals surface area contributed by atoms with Crippen LogP contribution in [0.1, 0.15) is 0 Å². The van der Waals surface area contributed by atoms with Crippen LogP contribution in [0.2, 0.25) is 0 Å². The summed E-state index contributed by atoms with van der Waals surface area (Å²) < 4.78 is 30.1. The zero-order valence-electron chi connectivity index (χ0n) is 10.3. The van der Waals surface area contributed by atoms with Crippen LogP contribution in [0.25, 0.3) is 11.4 Å². The molecule has 0 aliphatic carbocycles. The second-order valence-corrected chi connectivity index (χ2v) is 7.16. The van der Waals surface area contributed by atoms with Crippen LogP contribution < -0.4 is 0 Å². The minimum Gasteiger partial charge on any atom is -0.383 e. The van der Waals surface area contributed by atoms with Crippen LogP contribution in [0.4, 0.5) is 0 Å². The molecular formula is C10H10BrClN4O3S. The lowest BCUT2D eigenvalue weighted by Gasteiger charge is -2.08. The van der Waals surface area contributed by atoms with Crippen LogP contribution in [0.3, 0.4) is 0 Å². The van der Waals surface area contributed by atoms with Gasteiger partial charge in [-0.25, -0.2) is 8.42 Å². The molecule has 7 nitrogen and oxygen atoms in total. The summed E-state index contributed by atoms with van der Waals surface area (Å²) in [5.41, 5.74) is 0.620. The van der Waals surface area contributed by atoms with Crippen LogP contribution in [0.5, 0.6) is 0 Å². The topological polar surface area (TPSA) is 87.0 Å². The lowest BCUT2D eigenvalue weighted by Crippen LogP contribution is -2.11. The number of ether oxygens (including phenoxy) is 1. The number of hydrogen-bond donors (Lipinski definition) is 0. The van der Waals surface area contributed by atoms with Gasteiger partial charge < -0.3 is 4.74 Å². The summed E-state index contributed by atoms with van der Waals surface area (Å²) >= 11 is 3.29. The maximum Gasteiger partial charge on any atom is 0.296 e. The molecule has 0 amide bonds.